The molecule has 13 heavy (non-hydrogen) atoms. The Labute approximate surface area is 80.0 Å². The molecule has 1 saturated heterocycles. The minimum Gasteiger partial charge on any atom is -0.516 e. The van der Waals surface area contributed by atoms with Gasteiger partial charge in [-0.25, -0.2) is 0 Å². The van der Waals surface area contributed by atoms with Crippen LogP contribution in [0.15, 0.2) is 25.0 Å². The lowest BCUT2D eigenvalue weighted by Gasteiger charge is -2.34. The van der Waals surface area contributed by atoms with E-state index in [0.717, 1.165) is 39.1 Å². The molecule has 0 spiro atoms. The monoisotopic (exact) mass is 182 g/mol. The first-order chi connectivity index (χ1) is 6.36. The molecule has 0 aromatic carbocycles. The van der Waals surface area contributed by atoms with Gasteiger partial charge in [0.25, 0.3) is 0 Å². The predicted molar refractivity (Wildman–Crippen MR) is 54.6 cm³/mol. The zero-order valence-electron chi connectivity index (χ0n) is 8.02. The van der Waals surface area contributed by atoms with E-state index in [4.69, 9.17) is 5.11 Å². The summed E-state index contributed by atoms with van der Waals surface area (Å²) in [6.07, 6.45) is 6.03. The van der Waals surface area contributed by atoms with Crippen LogP contribution in [0, 0.1) is 0 Å². The highest BCUT2D eigenvalue weighted by Crippen LogP contribution is 2.05. The van der Waals surface area contributed by atoms with E-state index in [1.807, 2.05) is 6.08 Å². The molecule has 0 unspecified atom stereocenters. The molecule has 0 aliphatic carbocycles. The molecule has 0 saturated carbocycles. The van der Waals surface area contributed by atoms with E-state index < -0.39 is 0 Å². The third-order valence-corrected chi connectivity index (χ3v) is 2.20. The quantitative estimate of drug-likeness (QED) is 0.523. The van der Waals surface area contributed by atoms with Gasteiger partial charge in [0.15, 0.2) is 0 Å². The molecule has 1 aliphatic rings. The van der Waals surface area contributed by atoms with Crippen LogP contribution in [0.2, 0.25) is 0 Å². The van der Waals surface area contributed by atoms with Gasteiger partial charge in [-0.15, -0.1) is 6.58 Å². The maximum atomic E-state index is 8.53. The van der Waals surface area contributed by atoms with Crippen LogP contribution in [0.1, 0.15) is 6.42 Å². The molecular weight excluding hydrogens is 164 g/mol. The Morgan fingerprint density at radius 3 is 2.54 bits per heavy atom. The lowest BCUT2D eigenvalue weighted by molar-refractivity contribution is 0.106. The van der Waals surface area contributed by atoms with Crippen LogP contribution in [0.25, 0.3) is 0 Å². The fourth-order valence-corrected chi connectivity index (χ4v) is 1.62. The van der Waals surface area contributed by atoms with Gasteiger partial charge in [0.1, 0.15) is 0 Å². The number of nitrogens with zero attached hydrogens (tertiary/aromatic N) is 2. The molecule has 1 rings (SSSR count). The van der Waals surface area contributed by atoms with Crippen LogP contribution in [0.4, 0.5) is 0 Å². The van der Waals surface area contributed by atoms with Crippen molar-refractivity contribution >= 4 is 0 Å². The molecule has 1 fully saturated rings. The summed E-state index contributed by atoms with van der Waals surface area (Å²) >= 11 is 0. The Hall–Kier alpha value is -0.800. The van der Waals surface area contributed by atoms with E-state index in [2.05, 4.69) is 16.4 Å². The molecule has 3 nitrogen and oxygen atoms in total. The van der Waals surface area contributed by atoms with Gasteiger partial charge in [-0.2, -0.15) is 0 Å². The van der Waals surface area contributed by atoms with Crippen molar-refractivity contribution in [3.63, 3.8) is 0 Å². The highest BCUT2D eigenvalue weighted by molar-refractivity contribution is 4.81. The average molecular weight is 182 g/mol. The number of aliphatic hydroxyl groups is 1. The molecule has 1 N–H and O–H groups in total. The molecule has 0 aromatic rings. The maximum Gasteiger partial charge on any atom is 0.0764 e. The largest absolute Gasteiger partial charge is 0.516 e. The fraction of sp³-hybridized carbons (Fsp3) is 0.600. The Morgan fingerprint density at radius 1 is 1.23 bits per heavy atom. The van der Waals surface area contributed by atoms with Crippen molar-refractivity contribution in [2.75, 3.05) is 32.8 Å². The third-order valence-electron chi connectivity index (χ3n) is 2.20. The van der Waals surface area contributed by atoms with Crippen LogP contribution in [-0.4, -0.2) is 47.8 Å². The van der Waals surface area contributed by atoms with Crippen molar-refractivity contribution in [2.45, 2.75) is 6.42 Å². The summed E-state index contributed by atoms with van der Waals surface area (Å²) in [7, 11) is 0. The van der Waals surface area contributed by atoms with E-state index in [1.165, 1.54) is 6.42 Å². The third kappa shape index (κ3) is 3.61. The summed E-state index contributed by atoms with van der Waals surface area (Å²) in [5, 5.41) is 8.53. The van der Waals surface area contributed by atoms with E-state index in [-0.39, 0.29) is 0 Å². The minimum atomic E-state index is 0.837. The van der Waals surface area contributed by atoms with Crippen LogP contribution in [0.5, 0.6) is 0 Å². The van der Waals surface area contributed by atoms with E-state index >= 15 is 0 Å². The van der Waals surface area contributed by atoms with Crippen LogP contribution in [-0.2, 0) is 0 Å². The van der Waals surface area contributed by atoms with Gasteiger partial charge >= 0.3 is 0 Å². The molecule has 3 heteroatoms. The van der Waals surface area contributed by atoms with E-state index in [1.54, 1.807) is 6.08 Å². The summed E-state index contributed by atoms with van der Waals surface area (Å²) in [5.41, 5.74) is 0. The number of hydrogen-bond donors (Lipinski definition) is 1. The number of hydrogen-bond acceptors (Lipinski definition) is 3. The van der Waals surface area contributed by atoms with Crippen molar-refractivity contribution in [3.05, 3.63) is 25.0 Å². The molecule has 0 atom stereocenters. The molecule has 0 amide bonds. The lowest BCUT2D eigenvalue weighted by Crippen LogP contribution is -2.44. The first-order valence-electron chi connectivity index (χ1n) is 4.71. The van der Waals surface area contributed by atoms with E-state index in [9.17, 15) is 0 Å². The summed E-state index contributed by atoms with van der Waals surface area (Å²) in [5.74, 6) is 0. The van der Waals surface area contributed by atoms with Crippen molar-refractivity contribution in [1.29, 1.82) is 0 Å². The van der Waals surface area contributed by atoms with Gasteiger partial charge < -0.3 is 5.11 Å². The van der Waals surface area contributed by atoms with Gasteiger partial charge in [0, 0.05) is 26.2 Å². The van der Waals surface area contributed by atoms with Crippen molar-refractivity contribution in [3.8, 4) is 0 Å². The van der Waals surface area contributed by atoms with E-state index in [0.29, 0.717) is 0 Å². The van der Waals surface area contributed by atoms with Crippen molar-refractivity contribution < 1.29 is 5.11 Å². The first kappa shape index (κ1) is 10.3. The zero-order valence-corrected chi connectivity index (χ0v) is 8.02. The first-order valence-corrected chi connectivity index (χ1v) is 4.71. The van der Waals surface area contributed by atoms with Crippen LogP contribution < -0.4 is 0 Å². The second-order valence-corrected chi connectivity index (χ2v) is 3.32. The number of rotatable bonds is 4. The molecular formula is C10H18N2O. The fourth-order valence-electron chi connectivity index (χ4n) is 1.62. The average Bonchev–Trinajstić information content (AvgIpc) is 2.16. The summed E-state index contributed by atoms with van der Waals surface area (Å²) in [6.45, 7) is 8.79. The lowest BCUT2D eigenvalue weighted by atomic mass is 10.3. The summed E-state index contributed by atoms with van der Waals surface area (Å²) in [6, 6.07) is 0. The Bertz CT molecular complexity index is 180. The molecule has 74 valence electrons. The van der Waals surface area contributed by atoms with Gasteiger partial charge in [0.2, 0.25) is 0 Å². The summed E-state index contributed by atoms with van der Waals surface area (Å²) < 4.78 is 0. The molecule has 0 radical (unpaired) electrons. The Morgan fingerprint density at radius 2 is 1.92 bits per heavy atom. The minimum absolute atomic E-state index is 0.837. The highest BCUT2D eigenvalue weighted by atomic mass is 16.2. The smallest absolute Gasteiger partial charge is 0.0764 e. The predicted octanol–water partition coefficient (Wildman–Crippen LogP) is 1.21. The molecule has 0 bridgehead atoms. The van der Waals surface area contributed by atoms with Crippen LogP contribution >= 0.6 is 0 Å². The Balaban J connectivity index is 2.28. The van der Waals surface area contributed by atoms with Crippen molar-refractivity contribution in [2.24, 2.45) is 0 Å². The molecule has 1 heterocycles. The number of aliphatic hydroxyl groups excluding tert-OH is 1. The van der Waals surface area contributed by atoms with Crippen LogP contribution in [0.3, 0.4) is 0 Å². The summed E-state index contributed by atoms with van der Waals surface area (Å²) in [4.78, 5) is 4.65. The van der Waals surface area contributed by atoms with Gasteiger partial charge in [-0.1, -0.05) is 6.08 Å². The van der Waals surface area contributed by atoms with Gasteiger partial charge in [0.05, 0.1) is 12.9 Å². The molecule has 1 aliphatic heterocycles. The second kappa shape index (κ2) is 5.78. The molecule has 0 aromatic heterocycles. The standard InChI is InChI=1S/C10H18N2O/c1-2-5-11-6-3-7-12(10-11)8-4-9-13/h2,4,9,13H,1,3,5-8,10H2. The second-order valence-electron chi connectivity index (χ2n) is 3.32. The zero-order chi connectivity index (χ0) is 9.52. The SMILES string of the molecule is C=CCN1CCCN(CC=CO)C1. The topological polar surface area (TPSA) is 26.7 Å². The highest BCUT2D eigenvalue weighted by Gasteiger charge is 2.14. The van der Waals surface area contributed by atoms with Gasteiger partial charge in [-0.3, -0.25) is 9.80 Å². The van der Waals surface area contributed by atoms with Crippen molar-refractivity contribution in [1.82, 2.24) is 9.80 Å². The maximum absolute atomic E-state index is 8.53. The van der Waals surface area contributed by atoms with Gasteiger partial charge in [-0.05, 0) is 12.5 Å². The Kier molecular flexibility index (Phi) is 4.57. The normalized spacial score (nSPS) is 20.9.